The van der Waals surface area contributed by atoms with Gasteiger partial charge in [-0.1, -0.05) is 0 Å². The van der Waals surface area contributed by atoms with Crippen LogP contribution in [0.5, 0.6) is 0 Å². The van der Waals surface area contributed by atoms with Crippen molar-refractivity contribution < 1.29 is 4.79 Å². The molecule has 0 bridgehead atoms. The summed E-state index contributed by atoms with van der Waals surface area (Å²) in [6.45, 7) is 0. The van der Waals surface area contributed by atoms with E-state index >= 15 is 0 Å². The fourth-order valence-electron chi connectivity index (χ4n) is 1.12. The lowest BCUT2D eigenvalue weighted by molar-refractivity contribution is 0.0994. The van der Waals surface area contributed by atoms with Crippen LogP contribution in [0.3, 0.4) is 0 Å². The molecular formula is C10H7BrOS2. The SMILES string of the molecule is O=C(Cc1sccc1Br)c1ccsc1. The van der Waals surface area contributed by atoms with Gasteiger partial charge in [0.2, 0.25) is 0 Å². The van der Waals surface area contributed by atoms with Gasteiger partial charge in [-0.05, 0) is 38.8 Å². The van der Waals surface area contributed by atoms with E-state index in [9.17, 15) is 4.79 Å². The predicted molar refractivity (Wildman–Crippen MR) is 64.4 cm³/mol. The summed E-state index contributed by atoms with van der Waals surface area (Å²) in [6.07, 6.45) is 0.495. The zero-order valence-electron chi connectivity index (χ0n) is 7.20. The number of thiophene rings is 2. The topological polar surface area (TPSA) is 17.1 Å². The van der Waals surface area contributed by atoms with Gasteiger partial charge >= 0.3 is 0 Å². The minimum atomic E-state index is 0.189. The molecule has 0 spiro atoms. The van der Waals surface area contributed by atoms with Crippen LogP contribution in [-0.4, -0.2) is 5.78 Å². The van der Waals surface area contributed by atoms with Crippen molar-refractivity contribution in [2.45, 2.75) is 6.42 Å². The molecule has 1 nitrogen and oxygen atoms in total. The van der Waals surface area contributed by atoms with Gasteiger partial charge in [0.15, 0.2) is 5.78 Å². The van der Waals surface area contributed by atoms with E-state index in [0.29, 0.717) is 6.42 Å². The molecule has 2 rings (SSSR count). The maximum atomic E-state index is 11.7. The summed E-state index contributed by atoms with van der Waals surface area (Å²) in [4.78, 5) is 12.8. The quantitative estimate of drug-likeness (QED) is 0.780. The van der Waals surface area contributed by atoms with E-state index in [1.807, 2.05) is 28.3 Å². The number of rotatable bonds is 3. The van der Waals surface area contributed by atoms with Crippen LogP contribution in [0.25, 0.3) is 0 Å². The number of ketones is 1. The molecule has 0 amide bonds. The van der Waals surface area contributed by atoms with Crippen molar-refractivity contribution in [1.82, 2.24) is 0 Å². The molecule has 2 aromatic rings. The Labute approximate surface area is 98.5 Å². The normalized spacial score (nSPS) is 10.4. The lowest BCUT2D eigenvalue weighted by Crippen LogP contribution is -2.00. The summed E-state index contributed by atoms with van der Waals surface area (Å²) in [5.41, 5.74) is 0.815. The van der Waals surface area contributed by atoms with Crippen molar-refractivity contribution in [3.63, 3.8) is 0 Å². The molecule has 2 heterocycles. The Balaban J connectivity index is 2.13. The smallest absolute Gasteiger partial charge is 0.168 e. The third-order valence-electron chi connectivity index (χ3n) is 1.86. The van der Waals surface area contributed by atoms with Gasteiger partial charge in [-0.2, -0.15) is 11.3 Å². The molecule has 2 aromatic heterocycles. The van der Waals surface area contributed by atoms with Gasteiger partial charge in [0.1, 0.15) is 0 Å². The van der Waals surface area contributed by atoms with Crippen molar-refractivity contribution in [1.29, 1.82) is 0 Å². The summed E-state index contributed by atoms with van der Waals surface area (Å²) in [7, 11) is 0. The van der Waals surface area contributed by atoms with Crippen LogP contribution in [0.2, 0.25) is 0 Å². The highest BCUT2D eigenvalue weighted by Crippen LogP contribution is 2.24. The van der Waals surface area contributed by atoms with Crippen molar-refractivity contribution in [3.05, 3.63) is 43.2 Å². The van der Waals surface area contributed by atoms with Gasteiger partial charge < -0.3 is 0 Å². The van der Waals surface area contributed by atoms with E-state index in [0.717, 1.165) is 14.9 Å². The highest BCUT2D eigenvalue weighted by Gasteiger charge is 2.10. The van der Waals surface area contributed by atoms with Crippen LogP contribution >= 0.6 is 38.6 Å². The van der Waals surface area contributed by atoms with Gasteiger partial charge in [-0.15, -0.1) is 11.3 Å². The molecule has 0 unspecified atom stereocenters. The molecule has 0 aromatic carbocycles. The molecule has 14 heavy (non-hydrogen) atoms. The fourth-order valence-corrected chi connectivity index (χ4v) is 3.27. The summed E-state index contributed by atoms with van der Waals surface area (Å²) >= 11 is 6.59. The zero-order chi connectivity index (χ0) is 9.97. The van der Waals surface area contributed by atoms with Crippen molar-refractivity contribution in [2.24, 2.45) is 0 Å². The first-order valence-electron chi connectivity index (χ1n) is 4.04. The molecule has 0 aliphatic carbocycles. The molecule has 0 aliphatic rings. The van der Waals surface area contributed by atoms with Gasteiger partial charge in [-0.25, -0.2) is 0 Å². The van der Waals surface area contributed by atoms with Crippen LogP contribution in [0, 0.1) is 0 Å². The highest BCUT2D eigenvalue weighted by atomic mass is 79.9. The first kappa shape index (κ1) is 10.1. The van der Waals surface area contributed by atoms with Crippen LogP contribution in [-0.2, 0) is 6.42 Å². The van der Waals surface area contributed by atoms with Crippen molar-refractivity contribution in [3.8, 4) is 0 Å². The molecule has 0 saturated heterocycles. The van der Waals surface area contributed by atoms with Crippen LogP contribution in [0.4, 0.5) is 0 Å². The molecule has 0 radical (unpaired) electrons. The van der Waals surface area contributed by atoms with Gasteiger partial charge in [0.25, 0.3) is 0 Å². The van der Waals surface area contributed by atoms with Crippen molar-refractivity contribution in [2.75, 3.05) is 0 Å². The van der Waals surface area contributed by atoms with E-state index in [1.165, 1.54) is 0 Å². The summed E-state index contributed by atoms with van der Waals surface area (Å²) in [5.74, 6) is 0.189. The third-order valence-corrected chi connectivity index (χ3v) is 4.46. The lowest BCUT2D eigenvalue weighted by Gasteiger charge is -1.96. The predicted octanol–water partition coefficient (Wildman–Crippen LogP) is 4.00. The molecule has 0 fully saturated rings. The first-order chi connectivity index (χ1) is 6.77. The fraction of sp³-hybridized carbons (Fsp3) is 0.100. The maximum absolute atomic E-state index is 11.7. The summed E-state index contributed by atoms with van der Waals surface area (Å²) in [6, 6.07) is 3.84. The van der Waals surface area contributed by atoms with Gasteiger partial charge in [0, 0.05) is 26.7 Å². The summed E-state index contributed by atoms with van der Waals surface area (Å²) < 4.78 is 1.03. The Morgan fingerprint density at radius 3 is 2.79 bits per heavy atom. The molecule has 72 valence electrons. The van der Waals surface area contributed by atoms with E-state index in [2.05, 4.69) is 15.9 Å². The largest absolute Gasteiger partial charge is 0.294 e. The highest BCUT2D eigenvalue weighted by molar-refractivity contribution is 9.10. The number of hydrogen-bond acceptors (Lipinski definition) is 3. The lowest BCUT2D eigenvalue weighted by atomic mass is 10.1. The molecule has 0 aliphatic heterocycles. The first-order valence-corrected chi connectivity index (χ1v) is 6.66. The molecule has 4 heteroatoms. The standard InChI is InChI=1S/C10H7BrOS2/c11-8-2-4-14-10(8)5-9(12)7-1-3-13-6-7/h1-4,6H,5H2. The molecule has 0 saturated carbocycles. The Kier molecular flexibility index (Phi) is 3.15. The second-order valence-electron chi connectivity index (χ2n) is 2.80. The number of halogens is 1. The Bertz CT molecular complexity index is 431. The van der Waals surface area contributed by atoms with E-state index in [1.54, 1.807) is 22.7 Å². The monoisotopic (exact) mass is 286 g/mol. The minimum absolute atomic E-state index is 0.189. The van der Waals surface area contributed by atoms with Crippen LogP contribution < -0.4 is 0 Å². The summed E-state index contributed by atoms with van der Waals surface area (Å²) in [5, 5.41) is 5.81. The van der Waals surface area contributed by atoms with Gasteiger partial charge in [0.05, 0.1) is 0 Å². The van der Waals surface area contributed by atoms with Crippen molar-refractivity contribution >= 4 is 44.4 Å². The van der Waals surface area contributed by atoms with E-state index < -0.39 is 0 Å². The minimum Gasteiger partial charge on any atom is -0.294 e. The van der Waals surface area contributed by atoms with Crippen LogP contribution in [0.1, 0.15) is 15.2 Å². The Hall–Kier alpha value is -0.450. The third kappa shape index (κ3) is 2.13. The average Bonchev–Trinajstić information content (AvgIpc) is 2.77. The zero-order valence-corrected chi connectivity index (χ0v) is 10.4. The number of carbonyl (C=O) groups excluding carboxylic acids is 1. The maximum Gasteiger partial charge on any atom is 0.168 e. The van der Waals surface area contributed by atoms with Crippen LogP contribution in [0.15, 0.2) is 32.7 Å². The number of Topliss-reactive ketones (excluding diaryl/α,β-unsaturated/α-hetero) is 1. The molecule has 0 atom stereocenters. The number of carbonyl (C=O) groups is 1. The average molecular weight is 287 g/mol. The number of hydrogen-bond donors (Lipinski definition) is 0. The Morgan fingerprint density at radius 2 is 2.21 bits per heavy atom. The van der Waals surface area contributed by atoms with Gasteiger partial charge in [-0.3, -0.25) is 4.79 Å². The second kappa shape index (κ2) is 4.38. The van der Waals surface area contributed by atoms with E-state index in [-0.39, 0.29) is 5.78 Å². The van der Waals surface area contributed by atoms with E-state index in [4.69, 9.17) is 0 Å². The second-order valence-corrected chi connectivity index (χ2v) is 5.44. The molecular weight excluding hydrogens is 280 g/mol. The Morgan fingerprint density at radius 1 is 1.36 bits per heavy atom. The molecule has 0 N–H and O–H groups in total.